The average Bonchev–Trinajstić information content (AvgIpc) is 3.08. The van der Waals surface area contributed by atoms with Gasteiger partial charge in [0, 0.05) is 95.8 Å². The van der Waals surface area contributed by atoms with Crippen LogP contribution in [0.5, 0.6) is 0 Å². The maximum Gasteiger partial charge on any atom is 0.207 e. The summed E-state index contributed by atoms with van der Waals surface area (Å²) in [5.74, 6) is -0.594. The lowest BCUT2D eigenvalue weighted by molar-refractivity contribution is -0.402. The molecule has 1 aliphatic heterocycles. The van der Waals surface area contributed by atoms with Crippen LogP contribution in [0.25, 0.3) is 33.4 Å². The lowest BCUT2D eigenvalue weighted by Gasteiger charge is -2.21. The van der Waals surface area contributed by atoms with E-state index in [0.717, 1.165) is 64.3 Å². The quantitative estimate of drug-likeness (QED) is 0.187. The van der Waals surface area contributed by atoms with Gasteiger partial charge in [-0.25, -0.2) is 4.99 Å². The van der Waals surface area contributed by atoms with Crippen LogP contribution >= 0.6 is 0 Å². The van der Waals surface area contributed by atoms with E-state index in [0.29, 0.717) is 16.9 Å². The van der Waals surface area contributed by atoms with E-state index in [-0.39, 0.29) is 5.56 Å². The molecule has 2 N–H and O–H groups in total. The maximum absolute atomic E-state index is 12.2. The monoisotopic (exact) mass is 610 g/mol. The molecule has 0 spiro atoms. The van der Waals surface area contributed by atoms with Gasteiger partial charge in [0.25, 0.3) is 0 Å². The molecule has 6 rings (SSSR count). The summed E-state index contributed by atoms with van der Waals surface area (Å²) in [6.45, 7) is 9.26. The molecule has 1 heterocycles. The van der Waals surface area contributed by atoms with Crippen molar-refractivity contribution < 1.29 is 19.3 Å². The van der Waals surface area contributed by atoms with Crippen LogP contribution in [0.3, 0.4) is 0 Å². The normalized spacial score (nSPS) is 11.6. The minimum absolute atomic E-state index is 0.131. The highest BCUT2D eigenvalue weighted by Gasteiger charge is 2.20. The molecule has 0 saturated carbocycles. The first-order chi connectivity index (χ1) is 22.4. The largest absolute Gasteiger partial charge is 0.545 e. The van der Waals surface area contributed by atoms with Gasteiger partial charge in [-0.05, 0) is 80.9 Å². The van der Waals surface area contributed by atoms with Crippen molar-refractivity contribution in [1.29, 1.82) is 0 Å². The molecule has 0 unspecified atom stereocenters. The highest BCUT2D eigenvalue weighted by atomic mass is 16.4. The van der Waals surface area contributed by atoms with Gasteiger partial charge >= 0.3 is 0 Å². The number of carbonyl (C=O) groups excluding carboxylic acids is 1. The molecule has 0 amide bonds. The Balaban J connectivity index is 1.47. The number of fused-ring (bicyclic) bond motifs is 2. The summed E-state index contributed by atoms with van der Waals surface area (Å²) >= 11 is 0. The molecule has 0 radical (unpaired) electrons. The number of rotatable bonds is 10. The third-order valence-corrected chi connectivity index (χ3v) is 8.49. The number of nitrogens with one attached hydrogen (secondary N) is 2. The summed E-state index contributed by atoms with van der Waals surface area (Å²) in [5, 5.41) is 17.4. The molecule has 0 fully saturated rings. The van der Waals surface area contributed by atoms with Crippen molar-refractivity contribution in [3.63, 3.8) is 0 Å². The van der Waals surface area contributed by atoms with Crippen LogP contribution in [0.15, 0.2) is 114 Å². The zero-order valence-corrected chi connectivity index (χ0v) is 26.6. The molecule has 0 atom stereocenters. The fourth-order valence-corrected chi connectivity index (χ4v) is 5.87. The van der Waals surface area contributed by atoms with Gasteiger partial charge in [0.15, 0.2) is 0 Å². The first kappa shape index (κ1) is 30.5. The first-order valence-corrected chi connectivity index (χ1v) is 15.7. The van der Waals surface area contributed by atoms with Crippen molar-refractivity contribution >= 4 is 45.4 Å². The van der Waals surface area contributed by atoms with Gasteiger partial charge in [-0.3, -0.25) is 0 Å². The molecule has 7 nitrogen and oxygen atoms in total. The van der Waals surface area contributed by atoms with E-state index in [9.17, 15) is 9.90 Å². The summed E-state index contributed by atoms with van der Waals surface area (Å²) in [6, 6.07) is 35.5. The van der Waals surface area contributed by atoms with Crippen LogP contribution in [0.2, 0.25) is 0 Å². The predicted octanol–water partition coefficient (Wildman–Crippen LogP) is 5.93. The van der Waals surface area contributed by atoms with E-state index in [1.807, 2.05) is 48.5 Å². The van der Waals surface area contributed by atoms with E-state index >= 15 is 0 Å². The minimum atomic E-state index is -1.22. The summed E-state index contributed by atoms with van der Waals surface area (Å²) in [6.07, 6.45) is 0. The lowest BCUT2D eigenvalue weighted by Crippen LogP contribution is -2.70. The van der Waals surface area contributed by atoms with Crippen LogP contribution in [-0.2, 0) is 0 Å². The van der Waals surface area contributed by atoms with Gasteiger partial charge in [0.2, 0.25) is 11.0 Å². The Labute approximate surface area is 269 Å². The van der Waals surface area contributed by atoms with Crippen molar-refractivity contribution in [2.24, 2.45) is 0 Å². The fraction of sp³-hybridized carbons (Fsp3) is 0.179. The van der Waals surface area contributed by atoms with Gasteiger partial charge in [-0.1, -0.05) is 24.3 Å². The number of hydrogen-bond acceptors (Lipinski definition) is 6. The summed E-state index contributed by atoms with van der Waals surface area (Å²) in [5.41, 5.74) is 8.03. The van der Waals surface area contributed by atoms with Crippen LogP contribution in [0.4, 0.5) is 28.4 Å². The number of anilines is 4. The fourth-order valence-electron chi connectivity index (χ4n) is 5.87. The number of carbonyl (C=O) groups is 1. The number of carboxylic acid groups (broad SMARTS) is 1. The SMILES string of the molecule is CCN(C)c1ccc([NH+]=c2ccc3c(-c4ccccc4C(=O)[O-])c4ccc(Nc5ccc(N(CC)CC)cc5)cc4oc-3c2)cc1. The Kier molecular flexibility index (Phi) is 8.74. The van der Waals surface area contributed by atoms with Gasteiger partial charge < -0.3 is 29.4 Å². The molecule has 1 aliphatic carbocycles. The van der Waals surface area contributed by atoms with Gasteiger partial charge in [-0.2, -0.15) is 0 Å². The van der Waals surface area contributed by atoms with Crippen molar-refractivity contribution in [3.8, 4) is 22.5 Å². The standard InChI is InChI=1S/C39H38N4O3/c1-5-42(4)30-18-12-26(13-19-30)40-28-16-22-34-36(24-28)46-37-25-29(41-27-14-20-31(21-15-27)43(6-2)7-3)17-23-35(37)38(34)32-10-8-9-11-33(32)39(44)45/h8-25,41H,5-7H2,1-4H3,(H,44,45). The van der Waals surface area contributed by atoms with E-state index in [2.05, 4.69) is 96.5 Å². The first-order valence-electron chi connectivity index (χ1n) is 15.7. The van der Waals surface area contributed by atoms with Crippen molar-refractivity contribution in [1.82, 2.24) is 0 Å². The highest BCUT2D eigenvalue weighted by Crippen LogP contribution is 2.41. The molecule has 4 aromatic rings. The third-order valence-electron chi connectivity index (χ3n) is 8.49. The molecule has 0 bridgehead atoms. The molecule has 4 aromatic carbocycles. The molecular weight excluding hydrogens is 572 g/mol. The molecular formula is C39H38N4O3. The van der Waals surface area contributed by atoms with Gasteiger partial charge in [-0.15, -0.1) is 0 Å². The topological polar surface area (TPSA) is 85.8 Å². The molecule has 46 heavy (non-hydrogen) atoms. The van der Waals surface area contributed by atoms with Crippen LogP contribution in [-0.4, -0.2) is 32.7 Å². The van der Waals surface area contributed by atoms with E-state index < -0.39 is 5.97 Å². The Morgan fingerprint density at radius 1 is 0.761 bits per heavy atom. The Hall–Kier alpha value is -5.56. The Morgan fingerprint density at radius 2 is 1.46 bits per heavy atom. The number of nitrogens with zero attached hydrogens (tertiary/aromatic N) is 2. The zero-order chi connectivity index (χ0) is 32.2. The van der Waals surface area contributed by atoms with Crippen LogP contribution in [0, 0.1) is 0 Å². The van der Waals surface area contributed by atoms with Gasteiger partial charge in [0.1, 0.15) is 11.3 Å². The average molecular weight is 611 g/mol. The number of aromatic carboxylic acids is 1. The van der Waals surface area contributed by atoms with E-state index in [1.165, 1.54) is 5.69 Å². The predicted molar refractivity (Wildman–Crippen MR) is 185 cm³/mol. The minimum Gasteiger partial charge on any atom is -0.545 e. The lowest BCUT2D eigenvalue weighted by atomic mass is 9.90. The third kappa shape index (κ3) is 6.17. The summed E-state index contributed by atoms with van der Waals surface area (Å²) in [7, 11) is 2.07. The van der Waals surface area contributed by atoms with E-state index in [4.69, 9.17) is 4.42 Å². The van der Waals surface area contributed by atoms with Gasteiger partial charge in [0.05, 0.1) is 12.0 Å². The number of hydrogen-bond donors (Lipinski definition) is 2. The second-order valence-corrected chi connectivity index (χ2v) is 11.3. The molecule has 0 aromatic heterocycles. The van der Waals surface area contributed by atoms with Crippen LogP contribution < -0.4 is 30.6 Å². The zero-order valence-electron chi connectivity index (χ0n) is 26.6. The summed E-state index contributed by atoms with van der Waals surface area (Å²) < 4.78 is 6.55. The Morgan fingerprint density at radius 3 is 2.15 bits per heavy atom. The molecule has 0 saturated heterocycles. The van der Waals surface area contributed by atoms with Crippen molar-refractivity contribution in [3.05, 3.63) is 120 Å². The van der Waals surface area contributed by atoms with E-state index in [1.54, 1.807) is 12.1 Å². The molecule has 232 valence electrons. The molecule has 2 aliphatic rings. The van der Waals surface area contributed by atoms with Crippen molar-refractivity contribution in [2.75, 3.05) is 41.8 Å². The number of benzene rings is 5. The smallest absolute Gasteiger partial charge is 0.207 e. The maximum atomic E-state index is 12.2. The molecule has 7 heteroatoms. The highest BCUT2D eigenvalue weighted by molar-refractivity contribution is 6.07. The van der Waals surface area contributed by atoms with Crippen LogP contribution in [0.1, 0.15) is 31.1 Å². The second-order valence-electron chi connectivity index (χ2n) is 11.3. The van der Waals surface area contributed by atoms with Crippen molar-refractivity contribution in [2.45, 2.75) is 20.8 Å². The second kappa shape index (κ2) is 13.2. The number of carboxylic acids is 1. The summed E-state index contributed by atoms with van der Waals surface area (Å²) in [4.78, 5) is 20.2. The Bertz CT molecular complexity index is 2030.